The lowest BCUT2D eigenvalue weighted by molar-refractivity contribution is 0.0651. The van der Waals surface area contributed by atoms with Gasteiger partial charge in [0.25, 0.3) is 5.91 Å². The van der Waals surface area contributed by atoms with Crippen LogP contribution < -0.4 is 5.73 Å². The molecule has 1 aromatic carbocycles. The summed E-state index contributed by atoms with van der Waals surface area (Å²) in [5.41, 5.74) is 9.14. The van der Waals surface area contributed by atoms with E-state index >= 15 is 0 Å². The van der Waals surface area contributed by atoms with E-state index in [4.69, 9.17) is 10.2 Å². The fourth-order valence-electron chi connectivity index (χ4n) is 3.19. The highest BCUT2D eigenvalue weighted by Crippen LogP contribution is 2.26. The Kier molecular flexibility index (Phi) is 5.37. The Morgan fingerprint density at radius 2 is 1.83 bits per heavy atom. The van der Waals surface area contributed by atoms with Gasteiger partial charge in [0.2, 0.25) is 0 Å². The number of halogens is 1. The van der Waals surface area contributed by atoms with Crippen molar-refractivity contribution in [2.45, 2.75) is 39.7 Å². The molecule has 0 spiro atoms. The molecule has 1 aromatic heterocycles. The van der Waals surface area contributed by atoms with Crippen molar-refractivity contribution in [2.24, 2.45) is 11.7 Å². The van der Waals surface area contributed by atoms with E-state index in [0.29, 0.717) is 11.7 Å². The van der Waals surface area contributed by atoms with Crippen LogP contribution in [0.25, 0.3) is 11.0 Å². The topological polar surface area (TPSA) is 59.5 Å². The predicted molar refractivity (Wildman–Crippen MR) is 95.2 cm³/mol. The van der Waals surface area contributed by atoms with Crippen LogP contribution in [0.2, 0.25) is 0 Å². The van der Waals surface area contributed by atoms with Crippen LogP contribution in [0, 0.1) is 19.8 Å². The first kappa shape index (κ1) is 17.8. The third kappa shape index (κ3) is 3.54. The third-order valence-corrected chi connectivity index (χ3v) is 4.91. The molecular weight excluding hydrogens is 312 g/mol. The molecule has 5 heteroatoms. The van der Waals surface area contributed by atoms with Crippen molar-refractivity contribution in [1.82, 2.24) is 4.90 Å². The number of furan rings is 1. The molecule has 1 fully saturated rings. The van der Waals surface area contributed by atoms with Crippen molar-refractivity contribution in [3.8, 4) is 0 Å². The minimum Gasteiger partial charge on any atom is -0.451 e. The van der Waals surface area contributed by atoms with Crippen LogP contribution in [0.3, 0.4) is 0 Å². The number of carbonyl (C=O) groups excluding carboxylic acids is 1. The van der Waals surface area contributed by atoms with E-state index in [2.05, 4.69) is 19.9 Å². The minimum atomic E-state index is -0.00497. The number of nitrogens with zero attached hydrogens (tertiary/aromatic N) is 1. The third-order valence-electron chi connectivity index (χ3n) is 4.91. The summed E-state index contributed by atoms with van der Waals surface area (Å²) in [6.45, 7) is 7.70. The van der Waals surface area contributed by atoms with Gasteiger partial charge in [0, 0.05) is 24.5 Å². The Hall–Kier alpha value is -1.52. The van der Waals surface area contributed by atoms with E-state index in [1.165, 1.54) is 11.1 Å². The fourth-order valence-corrected chi connectivity index (χ4v) is 3.19. The maximum absolute atomic E-state index is 12.6. The van der Waals surface area contributed by atoms with Crippen LogP contribution in [0.1, 0.15) is 41.4 Å². The van der Waals surface area contributed by atoms with Crippen molar-refractivity contribution in [3.05, 3.63) is 35.1 Å². The normalized spacial score (nSPS) is 17.1. The second-order valence-corrected chi connectivity index (χ2v) is 6.57. The van der Waals surface area contributed by atoms with Crippen molar-refractivity contribution in [2.75, 3.05) is 13.1 Å². The average Bonchev–Trinajstić information content (AvgIpc) is 2.90. The molecule has 23 heavy (non-hydrogen) atoms. The molecule has 1 atom stereocenters. The summed E-state index contributed by atoms with van der Waals surface area (Å²) in [4.78, 5) is 14.5. The summed E-state index contributed by atoms with van der Waals surface area (Å²) in [5.74, 6) is 0.957. The van der Waals surface area contributed by atoms with Gasteiger partial charge >= 0.3 is 0 Å². The second kappa shape index (κ2) is 6.93. The number of piperidine rings is 1. The first-order valence-corrected chi connectivity index (χ1v) is 8.01. The van der Waals surface area contributed by atoms with Gasteiger partial charge in [-0.3, -0.25) is 4.79 Å². The van der Waals surface area contributed by atoms with Gasteiger partial charge in [0.1, 0.15) is 5.58 Å². The Labute approximate surface area is 143 Å². The van der Waals surface area contributed by atoms with Gasteiger partial charge in [-0.05, 0) is 68.9 Å². The van der Waals surface area contributed by atoms with Crippen LogP contribution >= 0.6 is 12.4 Å². The van der Waals surface area contributed by atoms with Crippen molar-refractivity contribution in [3.63, 3.8) is 0 Å². The molecule has 2 N–H and O–H groups in total. The highest BCUT2D eigenvalue weighted by molar-refractivity contribution is 5.96. The molecule has 0 bridgehead atoms. The number of benzene rings is 1. The SMILES string of the molecule is Cc1cc2cc(C(=O)N3CCC(C(C)N)CC3)oc2cc1C.Cl. The molecule has 0 radical (unpaired) electrons. The van der Waals surface area contributed by atoms with Crippen molar-refractivity contribution < 1.29 is 9.21 Å². The minimum absolute atomic E-state index is 0. The number of amides is 1. The molecule has 0 aliphatic carbocycles. The lowest BCUT2D eigenvalue weighted by Gasteiger charge is -2.33. The zero-order chi connectivity index (χ0) is 15.9. The number of hydrogen-bond acceptors (Lipinski definition) is 3. The van der Waals surface area contributed by atoms with Crippen LogP contribution in [-0.2, 0) is 0 Å². The average molecular weight is 337 g/mol. The molecule has 2 heterocycles. The first-order valence-electron chi connectivity index (χ1n) is 8.01. The molecule has 1 aliphatic heterocycles. The lowest BCUT2D eigenvalue weighted by Crippen LogP contribution is -2.42. The highest BCUT2D eigenvalue weighted by atomic mass is 35.5. The van der Waals surface area contributed by atoms with Crippen LogP contribution in [0.4, 0.5) is 0 Å². The Morgan fingerprint density at radius 3 is 2.43 bits per heavy atom. The van der Waals surface area contributed by atoms with Crippen LogP contribution in [0.5, 0.6) is 0 Å². The number of rotatable bonds is 2. The molecular formula is C18H25ClN2O2. The van der Waals surface area contributed by atoms with Gasteiger partial charge in [-0.1, -0.05) is 0 Å². The molecule has 1 unspecified atom stereocenters. The molecule has 0 saturated carbocycles. The van der Waals surface area contributed by atoms with Crippen LogP contribution in [0.15, 0.2) is 22.6 Å². The Bertz CT molecular complexity index is 661. The van der Waals surface area contributed by atoms with Gasteiger partial charge in [0.05, 0.1) is 0 Å². The molecule has 4 nitrogen and oxygen atoms in total. The predicted octanol–water partition coefficient (Wildman–Crippen LogP) is 3.67. The zero-order valence-electron chi connectivity index (χ0n) is 14.0. The summed E-state index contributed by atoms with van der Waals surface area (Å²) in [6, 6.07) is 6.15. The highest BCUT2D eigenvalue weighted by Gasteiger charge is 2.27. The maximum Gasteiger partial charge on any atom is 0.289 e. The first-order chi connectivity index (χ1) is 10.5. The van der Waals surface area contributed by atoms with Crippen LogP contribution in [-0.4, -0.2) is 29.9 Å². The maximum atomic E-state index is 12.6. The molecule has 126 valence electrons. The number of nitrogens with two attached hydrogens (primary N) is 1. The summed E-state index contributed by atoms with van der Waals surface area (Å²) in [6.07, 6.45) is 1.95. The van der Waals surface area contributed by atoms with E-state index in [0.717, 1.165) is 36.9 Å². The van der Waals surface area contributed by atoms with Gasteiger partial charge in [-0.2, -0.15) is 0 Å². The molecule has 1 saturated heterocycles. The molecule has 3 rings (SSSR count). The standard InChI is InChI=1S/C18H24N2O2.ClH/c1-11-8-15-10-17(22-16(15)9-12(11)2)18(21)20-6-4-14(5-7-20)13(3)19;/h8-10,13-14H,4-7,19H2,1-3H3;1H. The van der Waals surface area contributed by atoms with Crippen molar-refractivity contribution in [1.29, 1.82) is 0 Å². The summed E-state index contributed by atoms with van der Waals surface area (Å²) >= 11 is 0. The van der Waals surface area contributed by atoms with E-state index in [-0.39, 0.29) is 24.4 Å². The van der Waals surface area contributed by atoms with Gasteiger partial charge < -0.3 is 15.1 Å². The Morgan fingerprint density at radius 1 is 1.22 bits per heavy atom. The fraction of sp³-hybridized carbons (Fsp3) is 0.500. The van der Waals surface area contributed by atoms with Gasteiger partial charge in [0.15, 0.2) is 5.76 Å². The zero-order valence-corrected chi connectivity index (χ0v) is 14.8. The molecule has 1 aliphatic rings. The van der Waals surface area contributed by atoms with E-state index in [9.17, 15) is 4.79 Å². The van der Waals surface area contributed by atoms with Gasteiger partial charge in [-0.15, -0.1) is 12.4 Å². The second-order valence-electron chi connectivity index (χ2n) is 6.57. The smallest absolute Gasteiger partial charge is 0.289 e. The van der Waals surface area contributed by atoms with E-state index in [1.54, 1.807) is 0 Å². The quantitative estimate of drug-likeness (QED) is 0.910. The summed E-state index contributed by atoms with van der Waals surface area (Å²) in [7, 11) is 0. The number of aryl methyl sites for hydroxylation is 2. The number of fused-ring (bicyclic) bond motifs is 1. The number of likely N-dealkylation sites (tertiary alicyclic amines) is 1. The monoisotopic (exact) mass is 336 g/mol. The number of hydrogen-bond donors (Lipinski definition) is 1. The Balaban J connectivity index is 0.00000192. The largest absolute Gasteiger partial charge is 0.451 e. The van der Waals surface area contributed by atoms with E-state index < -0.39 is 0 Å². The van der Waals surface area contributed by atoms with Crippen molar-refractivity contribution >= 4 is 29.3 Å². The molecule has 2 aromatic rings. The molecule has 1 amide bonds. The summed E-state index contributed by atoms with van der Waals surface area (Å²) in [5, 5.41) is 0.997. The number of carbonyl (C=O) groups is 1. The van der Waals surface area contributed by atoms with E-state index in [1.807, 2.05) is 24.0 Å². The van der Waals surface area contributed by atoms with Gasteiger partial charge in [-0.25, -0.2) is 0 Å². The summed E-state index contributed by atoms with van der Waals surface area (Å²) < 4.78 is 5.78. The lowest BCUT2D eigenvalue weighted by atomic mass is 9.91.